The molecule has 0 fully saturated rings. The number of aromatic nitrogens is 2. The van der Waals surface area contributed by atoms with E-state index in [1.807, 2.05) is 44.3 Å². The Kier molecular flexibility index (Phi) is 5.58. The molecule has 1 aliphatic rings. The van der Waals surface area contributed by atoms with Gasteiger partial charge in [-0.2, -0.15) is 0 Å². The number of fused-ring (bicyclic) bond motifs is 1. The molecule has 28 heavy (non-hydrogen) atoms. The van der Waals surface area contributed by atoms with Crippen LogP contribution < -0.4 is 9.47 Å². The number of benzene rings is 1. The molecular formula is C22H25N3O3. The van der Waals surface area contributed by atoms with Crippen LogP contribution in [0, 0.1) is 0 Å². The maximum Gasteiger partial charge on any atom is 0.195 e. The van der Waals surface area contributed by atoms with Gasteiger partial charge in [-0.05, 0) is 44.2 Å². The van der Waals surface area contributed by atoms with Crippen LogP contribution in [0.2, 0.25) is 0 Å². The highest BCUT2D eigenvalue weighted by atomic mass is 16.5. The first-order valence-electron chi connectivity index (χ1n) is 9.76. The number of hydrogen-bond donors (Lipinski definition) is 0. The largest absolute Gasteiger partial charge is 0.494 e. The fraction of sp³-hybridized carbons (Fsp3) is 0.364. The summed E-state index contributed by atoms with van der Waals surface area (Å²) in [4.78, 5) is 11.6. The van der Waals surface area contributed by atoms with Gasteiger partial charge in [-0.15, -0.1) is 0 Å². The zero-order valence-corrected chi connectivity index (χ0v) is 16.4. The van der Waals surface area contributed by atoms with Gasteiger partial charge in [0.2, 0.25) is 0 Å². The average molecular weight is 379 g/mol. The van der Waals surface area contributed by atoms with Crippen LogP contribution in [0.3, 0.4) is 0 Å². The third-order valence-electron chi connectivity index (χ3n) is 4.79. The summed E-state index contributed by atoms with van der Waals surface area (Å²) in [5.41, 5.74) is 3.41. The molecule has 6 heteroatoms. The third-order valence-corrected chi connectivity index (χ3v) is 4.79. The van der Waals surface area contributed by atoms with Crippen molar-refractivity contribution in [1.82, 2.24) is 14.9 Å². The molecule has 0 amide bonds. The molecule has 0 radical (unpaired) electrons. The maximum atomic E-state index is 5.82. The summed E-state index contributed by atoms with van der Waals surface area (Å²) in [7, 11) is 0. The van der Waals surface area contributed by atoms with Crippen LogP contribution in [-0.4, -0.2) is 34.6 Å². The molecule has 0 N–H and O–H groups in total. The fourth-order valence-corrected chi connectivity index (χ4v) is 3.51. The predicted molar refractivity (Wildman–Crippen MR) is 106 cm³/mol. The van der Waals surface area contributed by atoms with Crippen LogP contribution in [0.1, 0.15) is 30.7 Å². The van der Waals surface area contributed by atoms with E-state index in [0.29, 0.717) is 24.8 Å². The van der Waals surface area contributed by atoms with E-state index in [0.717, 1.165) is 48.8 Å². The molecule has 2 aromatic heterocycles. The lowest BCUT2D eigenvalue weighted by atomic mass is 10.1. The Labute approximate surface area is 165 Å². The van der Waals surface area contributed by atoms with E-state index in [2.05, 4.69) is 16.0 Å². The molecule has 146 valence electrons. The highest BCUT2D eigenvalue weighted by Gasteiger charge is 2.21. The van der Waals surface area contributed by atoms with Gasteiger partial charge in [0.05, 0.1) is 25.2 Å². The van der Waals surface area contributed by atoms with E-state index in [9.17, 15) is 0 Å². The first-order valence-corrected chi connectivity index (χ1v) is 9.76. The van der Waals surface area contributed by atoms with E-state index in [-0.39, 0.29) is 0 Å². The zero-order valence-electron chi connectivity index (χ0n) is 16.4. The van der Waals surface area contributed by atoms with Gasteiger partial charge in [0.25, 0.3) is 0 Å². The van der Waals surface area contributed by atoms with Crippen molar-refractivity contribution in [1.29, 1.82) is 0 Å². The van der Waals surface area contributed by atoms with Crippen LogP contribution in [0.5, 0.6) is 11.5 Å². The lowest BCUT2D eigenvalue weighted by Gasteiger charge is -2.28. The van der Waals surface area contributed by atoms with Crippen molar-refractivity contribution in [2.45, 2.75) is 33.4 Å². The predicted octanol–water partition coefficient (Wildman–Crippen LogP) is 4.09. The minimum absolute atomic E-state index is 0.646. The Morgan fingerprint density at radius 3 is 2.82 bits per heavy atom. The van der Waals surface area contributed by atoms with Crippen molar-refractivity contribution in [2.24, 2.45) is 0 Å². The summed E-state index contributed by atoms with van der Waals surface area (Å²) in [5.74, 6) is 3.16. The van der Waals surface area contributed by atoms with E-state index in [1.165, 1.54) is 5.56 Å². The summed E-state index contributed by atoms with van der Waals surface area (Å²) < 4.78 is 16.9. The van der Waals surface area contributed by atoms with E-state index in [4.69, 9.17) is 18.9 Å². The average Bonchev–Trinajstić information content (AvgIpc) is 3.25. The van der Waals surface area contributed by atoms with Gasteiger partial charge in [0, 0.05) is 43.4 Å². The van der Waals surface area contributed by atoms with Crippen molar-refractivity contribution in [2.75, 3.05) is 19.8 Å². The van der Waals surface area contributed by atoms with Gasteiger partial charge < -0.3 is 13.9 Å². The highest BCUT2D eigenvalue weighted by Crippen LogP contribution is 2.28. The normalized spacial score (nSPS) is 13.9. The van der Waals surface area contributed by atoms with E-state index >= 15 is 0 Å². The van der Waals surface area contributed by atoms with Gasteiger partial charge in [0.15, 0.2) is 11.6 Å². The first-order chi connectivity index (χ1) is 13.8. The smallest absolute Gasteiger partial charge is 0.195 e. The van der Waals surface area contributed by atoms with Crippen LogP contribution in [0.4, 0.5) is 0 Å². The van der Waals surface area contributed by atoms with E-state index in [1.54, 1.807) is 6.26 Å². The second-order valence-electron chi connectivity index (χ2n) is 6.74. The molecule has 0 atom stereocenters. The summed E-state index contributed by atoms with van der Waals surface area (Å²) in [5, 5.41) is 0. The van der Waals surface area contributed by atoms with Crippen molar-refractivity contribution < 1.29 is 13.9 Å². The topological polar surface area (TPSA) is 60.6 Å². The van der Waals surface area contributed by atoms with Gasteiger partial charge in [-0.3, -0.25) is 4.90 Å². The SMILES string of the molecule is CCOc1ccc(OCC)c(CN2CCc3nc(-c4ccco4)ncc3C2)c1. The minimum Gasteiger partial charge on any atom is -0.494 e. The highest BCUT2D eigenvalue weighted by molar-refractivity contribution is 5.47. The Morgan fingerprint density at radius 2 is 2.04 bits per heavy atom. The Morgan fingerprint density at radius 1 is 1.14 bits per heavy atom. The lowest BCUT2D eigenvalue weighted by Crippen LogP contribution is -2.31. The van der Waals surface area contributed by atoms with Crippen molar-refractivity contribution in [3.05, 3.63) is 59.6 Å². The second-order valence-corrected chi connectivity index (χ2v) is 6.74. The molecule has 4 rings (SSSR count). The molecule has 0 unspecified atom stereocenters. The molecule has 3 heterocycles. The van der Waals surface area contributed by atoms with Crippen molar-refractivity contribution in [3.63, 3.8) is 0 Å². The number of ether oxygens (including phenoxy) is 2. The molecule has 0 saturated carbocycles. The first kappa shape index (κ1) is 18.5. The standard InChI is InChI=1S/C22H25N3O3/c1-3-26-18-7-8-20(27-4-2)16(12-18)14-25-10-9-19-17(15-25)13-23-22(24-19)21-6-5-11-28-21/h5-8,11-13H,3-4,9-10,14-15H2,1-2H3. The van der Waals surface area contributed by atoms with Gasteiger partial charge in [-0.25, -0.2) is 9.97 Å². The third kappa shape index (κ3) is 4.02. The molecule has 3 aromatic rings. The van der Waals surface area contributed by atoms with Crippen LogP contribution in [-0.2, 0) is 19.5 Å². The van der Waals surface area contributed by atoms with Gasteiger partial charge in [0.1, 0.15) is 11.5 Å². The molecule has 0 spiro atoms. The number of rotatable bonds is 7. The minimum atomic E-state index is 0.646. The molecule has 0 aliphatic carbocycles. The monoisotopic (exact) mass is 379 g/mol. The summed E-state index contributed by atoms with van der Waals surface area (Å²) >= 11 is 0. The number of furan rings is 1. The summed E-state index contributed by atoms with van der Waals surface area (Å²) in [6, 6.07) is 9.79. The van der Waals surface area contributed by atoms with Gasteiger partial charge in [-0.1, -0.05) is 0 Å². The molecule has 0 bridgehead atoms. The quantitative estimate of drug-likeness (QED) is 0.616. The van der Waals surface area contributed by atoms with E-state index < -0.39 is 0 Å². The van der Waals surface area contributed by atoms with Crippen LogP contribution >= 0.6 is 0 Å². The van der Waals surface area contributed by atoms with Crippen molar-refractivity contribution in [3.8, 4) is 23.1 Å². The lowest BCUT2D eigenvalue weighted by molar-refractivity contribution is 0.236. The summed E-state index contributed by atoms with van der Waals surface area (Å²) in [6.45, 7) is 7.85. The Balaban J connectivity index is 1.51. The number of nitrogens with zero attached hydrogens (tertiary/aromatic N) is 3. The van der Waals surface area contributed by atoms with Crippen LogP contribution in [0.15, 0.2) is 47.2 Å². The molecule has 1 aromatic carbocycles. The summed E-state index contributed by atoms with van der Waals surface area (Å²) in [6.07, 6.45) is 4.46. The second kappa shape index (κ2) is 8.44. The fourth-order valence-electron chi connectivity index (χ4n) is 3.51. The molecule has 0 saturated heterocycles. The maximum absolute atomic E-state index is 5.82. The van der Waals surface area contributed by atoms with Crippen LogP contribution in [0.25, 0.3) is 11.6 Å². The molecule has 6 nitrogen and oxygen atoms in total. The Bertz CT molecular complexity index is 925. The van der Waals surface area contributed by atoms with Crippen molar-refractivity contribution >= 4 is 0 Å². The zero-order chi connectivity index (χ0) is 19.3. The van der Waals surface area contributed by atoms with Gasteiger partial charge >= 0.3 is 0 Å². The molecule has 1 aliphatic heterocycles. The number of hydrogen-bond acceptors (Lipinski definition) is 6. The molecular weight excluding hydrogens is 354 g/mol. The Hall–Kier alpha value is -2.86.